The Labute approximate surface area is 151 Å². The van der Waals surface area contributed by atoms with Gasteiger partial charge in [0.25, 0.3) is 5.91 Å². The molecule has 0 aliphatic carbocycles. The molecular formula is C19H22N2O5. The first-order valence-electron chi connectivity index (χ1n) is 8.65. The van der Waals surface area contributed by atoms with E-state index in [4.69, 9.17) is 9.84 Å². The summed E-state index contributed by atoms with van der Waals surface area (Å²) >= 11 is 0. The number of rotatable bonds is 6. The number of hydrogen-bond acceptors (Lipinski definition) is 5. The van der Waals surface area contributed by atoms with Crippen molar-refractivity contribution in [2.24, 2.45) is 0 Å². The van der Waals surface area contributed by atoms with E-state index in [1.165, 1.54) is 0 Å². The minimum Gasteiger partial charge on any atom is -0.394 e. The average Bonchev–Trinajstić information content (AvgIpc) is 2.95. The van der Waals surface area contributed by atoms with E-state index in [2.05, 4.69) is 5.32 Å². The smallest absolute Gasteiger partial charge is 0.255 e. The zero-order chi connectivity index (χ0) is 18.7. The second-order valence-electron chi connectivity index (χ2n) is 6.42. The maximum absolute atomic E-state index is 12.8. The fourth-order valence-corrected chi connectivity index (χ4v) is 3.40. The summed E-state index contributed by atoms with van der Waals surface area (Å²) in [6, 6.07) is 4.92. The third-order valence-corrected chi connectivity index (χ3v) is 4.75. The van der Waals surface area contributed by atoms with Gasteiger partial charge in [-0.2, -0.15) is 0 Å². The van der Waals surface area contributed by atoms with Crippen molar-refractivity contribution in [1.82, 2.24) is 10.2 Å². The molecule has 1 atom stereocenters. The van der Waals surface area contributed by atoms with Crippen LogP contribution in [-0.2, 0) is 20.9 Å². The number of carbonyl (C=O) groups excluding carboxylic acids is 3. The number of nitrogens with zero attached hydrogens (tertiary/aromatic N) is 1. The second-order valence-corrected chi connectivity index (χ2v) is 6.42. The molecule has 138 valence electrons. The first-order valence-corrected chi connectivity index (χ1v) is 8.65. The van der Waals surface area contributed by atoms with Crippen LogP contribution < -0.4 is 5.32 Å². The van der Waals surface area contributed by atoms with Gasteiger partial charge in [0.05, 0.1) is 19.8 Å². The van der Waals surface area contributed by atoms with E-state index >= 15 is 0 Å². The lowest BCUT2D eigenvalue weighted by Crippen LogP contribution is -2.52. The van der Waals surface area contributed by atoms with Crippen LogP contribution >= 0.6 is 0 Å². The van der Waals surface area contributed by atoms with Crippen molar-refractivity contribution in [3.05, 3.63) is 41.0 Å². The average molecular weight is 358 g/mol. The molecule has 26 heavy (non-hydrogen) atoms. The Bertz CT molecular complexity index is 771. The number of benzene rings is 1. The zero-order valence-corrected chi connectivity index (χ0v) is 14.7. The largest absolute Gasteiger partial charge is 0.394 e. The van der Waals surface area contributed by atoms with E-state index < -0.39 is 11.9 Å². The van der Waals surface area contributed by atoms with Crippen molar-refractivity contribution in [3.63, 3.8) is 0 Å². The normalized spacial score (nSPS) is 20.4. The van der Waals surface area contributed by atoms with Gasteiger partial charge in [0.1, 0.15) is 6.04 Å². The molecule has 1 aromatic carbocycles. The molecule has 2 heterocycles. The predicted octanol–water partition coefficient (Wildman–Crippen LogP) is 0.860. The van der Waals surface area contributed by atoms with E-state index in [1.807, 2.05) is 25.1 Å². The Morgan fingerprint density at radius 1 is 1.38 bits per heavy atom. The van der Waals surface area contributed by atoms with Crippen LogP contribution in [0.25, 0.3) is 5.57 Å². The van der Waals surface area contributed by atoms with Gasteiger partial charge in [-0.15, -0.1) is 0 Å². The van der Waals surface area contributed by atoms with E-state index in [0.717, 1.165) is 16.7 Å². The zero-order valence-electron chi connectivity index (χ0n) is 14.7. The summed E-state index contributed by atoms with van der Waals surface area (Å²) in [6.45, 7) is 2.92. The van der Waals surface area contributed by atoms with Crippen LogP contribution in [0.1, 0.15) is 41.3 Å². The highest BCUT2D eigenvalue weighted by Gasteiger charge is 2.39. The molecule has 2 aliphatic heterocycles. The fourth-order valence-electron chi connectivity index (χ4n) is 3.40. The monoisotopic (exact) mass is 358 g/mol. The Morgan fingerprint density at radius 3 is 2.92 bits per heavy atom. The van der Waals surface area contributed by atoms with Crippen LogP contribution in [0.15, 0.2) is 24.3 Å². The minimum absolute atomic E-state index is 0.0248. The number of aliphatic hydroxyl groups is 1. The summed E-state index contributed by atoms with van der Waals surface area (Å²) in [5.74, 6) is -0.882. The minimum atomic E-state index is -0.613. The van der Waals surface area contributed by atoms with E-state index in [1.54, 1.807) is 11.0 Å². The second kappa shape index (κ2) is 7.80. The first-order chi connectivity index (χ1) is 12.5. The summed E-state index contributed by atoms with van der Waals surface area (Å²) in [5, 5.41) is 11.1. The van der Waals surface area contributed by atoms with Crippen molar-refractivity contribution in [2.75, 3.05) is 19.8 Å². The molecule has 3 rings (SSSR count). The number of hydrogen-bond donors (Lipinski definition) is 2. The van der Waals surface area contributed by atoms with Gasteiger partial charge in [-0.1, -0.05) is 18.2 Å². The van der Waals surface area contributed by atoms with Crippen LogP contribution in [0, 0.1) is 0 Å². The van der Waals surface area contributed by atoms with Crippen molar-refractivity contribution < 1.29 is 24.2 Å². The van der Waals surface area contributed by atoms with Gasteiger partial charge >= 0.3 is 0 Å². The number of imide groups is 1. The van der Waals surface area contributed by atoms with Gasteiger partial charge in [-0.05, 0) is 36.1 Å². The number of fused-ring (bicyclic) bond motifs is 1. The maximum Gasteiger partial charge on any atom is 0.255 e. The molecular weight excluding hydrogens is 336 g/mol. The van der Waals surface area contributed by atoms with Crippen molar-refractivity contribution in [3.8, 4) is 0 Å². The molecule has 1 fully saturated rings. The molecule has 0 saturated carbocycles. The third-order valence-electron chi connectivity index (χ3n) is 4.75. The van der Waals surface area contributed by atoms with Crippen LogP contribution in [0.3, 0.4) is 0 Å². The van der Waals surface area contributed by atoms with Gasteiger partial charge < -0.3 is 14.7 Å². The van der Waals surface area contributed by atoms with E-state index in [0.29, 0.717) is 25.1 Å². The molecule has 7 nitrogen and oxygen atoms in total. The van der Waals surface area contributed by atoms with E-state index in [9.17, 15) is 14.4 Å². The lowest BCUT2D eigenvalue weighted by Gasteiger charge is -2.29. The summed E-state index contributed by atoms with van der Waals surface area (Å²) in [7, 11) is 0. The molecule has 0 aromatic heterocycles. The highest BCUT2D eigenvalue weighted by molar-refractivity contribution is 6.06. The maximum atomic E-state index is 12.8. The Balaban J connectivity index is 1.81. The molecule has 1 unspecified atom stereocenters. The molecule has 3 amide bonds. The highest BCUT2D eigenvalue weighted by atomic mass is 16.5. The summed E-state index contributed by atoms with van der Waals surface area (Å²) < 4.78 is 5.27. The Morgan fingerprint density at radius 2 is 2.19 bits per heavy atom. The highest BCUT2D eigenvalue weighted by Crippen LogP contribution is 2.32. The van der Waals surface area contributed by atoms with Crippen LogP contribution in [0.4, 0.5) is 0 Å². The van der Waals surface area contributed by atoms with Crippen molar-refractivity contribution >= 4 is 23.3 Å². The Kier molecular flexibility index (Phi) is 5.49. The number of amides is 3. The van der Waals surface area contributed by atoms with Gasteiger partial charge in [-0.3, -0.25) is 19.7 Å². The molecule has 0 spiro atoms. The number of carbonyl (C=O) groups is 3. The molecule has 7 heteroatoms. The summed E-state index contributed by atoms with van der Waals surface area (Å²) in [6.07, 6.45) is 2.50. The lowest BCUT2D eigenvalue weighted by atomic mass is 9.97. The molecule has 0 bridgehead atoms. The molecule has 1 saturated heterocycles. The van der Waals surface area contributed by atoms with Gasteiger partial charge in [0.2, 0.25) is 11.8 Å². The summed E-state index contributed by atoms with van der Waals surface area (Å²) in [4.78, 5) is 37.8. The Hall–Kier alpha value is -2.51. The quantitative estimate of drug-likeness (QED) is 0.581. The van der Waals surface area contributed by atoms with Gasteiger partial charge in [0.15, 0.2) is 0 Å². The van der Waals surface area contributed by atoms with Crippen LogP contribution in [0.5, 0.6) is 0 Å². The van der Waals surface area contributed by atoms with Crippen molar-refractivity contribution in [2.45, 2.75) is 32.4 Å². The van der Waals surface area contributed by atoms with Crippen LogP contribution in [-0.4, -0.2) is 53.6 Å². The van der Waals surface area contributed by atoms with Crippen LogP contribution in [0.2, 0.25) is 0 Å². The molecule has 0 radical (unpaired) electrons. The van der Waals surface area contributed by atoms with E-state index in [-0.39, 0.29) is 31.4 Å². The first kappa shape index (κ1) is 18.3. The number of ether oxygens (including phenoxy) is 1. The fraction of sp³-hybridized carbons (Fsp3) is 0.421. The van der Waals surface area contributed by atoms with Crippen molar-refractivity contribution in [1.29, 1.82) is 0 Å². The molecule has 1 aromatic rings. The number of aliphatic hydroxyl groups excluding tert-OH is 1. The standard InChI is InChI=1S/C19H22N2O5/c1-12(7-9-26-10-8-22)13-3-2-4-14-15(13)11-21(19(14)25)16-5-6-17(23)20-18(16)24/h2-4,7,16,22H,5-6,8-11H2,1H3,(H,20,23,24)/b12-7-. The third kappa shape index (κ3) is 3.54. The summed E-state index contributed by atoms with van der Waals surface area (Å²) in [5.41, 5.74) is 3.39. The number of piperidine rings is 1. The topological polar surface area (TPSA) is 95.9 Å². The number of allylic oxidation sites excluding steroid dienone is 1. The molecule has 2 N–H and O–H groups in total. The van der Waals surface area contributed by atoms with Gasteiger partial charge in [0, 0.05) is 18.5 Å². The SMILES string of the molecule is C/C(=C/COCCO)c1cccc2c1CN(C1CCC(=O)NC1=O)C2=O. The lowest BCUT2D eigenvalue weighted by molar-refractivity contribution is -0.136. The van der Waals surface area contributed by atoms with Gasteiger partial charge in [-0.25, -0.2) is 0 Å². The number of nitrogens with one attached hydrogen (secondary N) is 1. The predicted molar refractivity (Wildman–Crippen MR) is 94.0 cm³/mol. The molecule has 2 aliphatic rings.